The molecule has 0 amide bonds. The zero-order valence-electron chi connectivity index (χ0n) is 14.8. The minimum atomic E-state index is -1.53. The Morgan fingerprint density at radius 1 is 1.00 bits per heavy atom. The van der Waals surface area contributed by atoms with Gasteiger partial charge in [0.2, 0.25) is 0 Å². The molecule has 0 fully saturated rings. The van der Waals surface area contributed by atoms with Crippen LogP contribution in [-0.2, 0) is 23.9 Å². The summed E-state index contributed by atoms with van der Waals surface area (Å²) in [5, 5.41) is 31.0. The van der Waals surface area contributed by atoms with Gasteiger partial charge in [-0.2, -0.15) is 0 Å². The summed E-state index contributed by atoms with van der Waals surface area (Å²) >= 11 is 0. The fourth-order valence-corrected chi connectivity index (χ4v) is 2.66. The second-order valence-electron chi connectivity index (χ2n) is 5.36. The third-order valence-electron chi connectivity index (χ3n) is 3.75. The molecule has 0 saturated heterocycles. The van der Waals surface area contributed by atoms with E-state index in [1.807, 2.05) is 0 Å². The SMILES string of the molecule is CC1C=CC(CC(=O)OCCOCCO)C(C(=O)[O-])C1C(=O)[O-].[K+].[K+]. The van der Waals surface area contributed by atoms with Crippen LogP contribution in [0.5, 0.6) is 0 Å². The first-order chi connectivity index (χ1) is 10.9. The fraction of sp³-hybridized carbons (Fsp3) is 0.667. The molecule has 8 nitrogen and oxygen atoms in total. The molecular weight excluding hydrogens is 386 g/mol. The number of carbonyl (C=O) groups is 3. The molecule has 4 atom stereocenters. The van der Waals surface area contributed by atoms with Crippen LogP contribution in [0.3, 0.4) is 0 Å². The summed E-state index contributed by atoms with van der Waals surface area (Å²) in [6.45, 7) is 1.62. The van der Waals surface area contributed by atoms with Gasteiger partial charge in [-0.15, -0.1) is 0 Å². The average molecular weight is 407 g/mol. The zero-order chi connectivity index (χ0) is 17.4. The van der Waals surface area contributed by atoms with Crippen molar-refractivity contribution in [1.29, 1.82) is 0 Å². The Bertz CT molecular complexity index is 468. The van der Waals surface area contributed by atoms with Gasteiger partial charge in [0.15, 0.2) is 0 Å². The van der Waals surface area contributed by atoms with Gasteiger partial charge in [-0.1, -0.05) is 19.1 Å². The first-order valence-corrected chi connectivity index (χ1v) is 7.32. The second kappa shape index (κ2) is 15.3. The number of carbonyl (C=O) groups excluding carboxylic acids is 3. The Morgan fingerprint density at radius 3 is 2.12 bits per heavy atom. The van der Waals surface area contributed by atoms with Crippen molar-refractivity contribution in [2.75, 3.05) is 26.4 Å². The Balaban J connectivity index is 0. The first kappa shape index (κ1) is 28.6. The van der Waals surface area contributed by atoms with E-state index >= 15 is 0 Å². The van der Waals surface area contributed by atoms with Crippen LogP contribution < -0.4 is 113 Å². The fourth-order valence-electron chi connectivity index (χ4n) is 2.66. The molecule has 0 aliphatic heterocycles. The van der Waals surface area contributed by atoms with Gasteiger partial charge >= 0.3 is 109 Å². The maximum Gasteiger partial charge on any atom is 1.00 e. The molecule has 4 unspecified atom stereocenters. The number of carboxylic acid groups (broad SMARTS) is 2. The van der Waals surface area contributed by atoms with Crippen LogP contribution in [0.2, 0.25) is 0 Å². The molecule has 0 heterocycles. The summed E-state index contributed by atoms with van der Waals surface area (Å²) in [6.07, 6.45) is 2.79. The van der Waals surface area contributed by atoms with E-state index in [1.165, 1.54) is 6.08 Å². The third-order valence-corrected chi connectivity index (χ3v) is 3.75. The van der Waals surface area contributed by atoms with E-state index in [4.69, 9.17) is 14.6 Å². The number of allylic oxidation sites excluding steroid dienone is 2. The van der Waals surface area contributed by atoms with Crippen molar-refractivity contribution in [2.45, 2.75) is 13.3 Å². The van der Waals surface area contributed by atoms with Crippen LogP contribution in [0.1, 0.15) is 13.3 Å². The van der Waals surface area contributed by atoms with Crippen molar-refractivity contribution in [3.63, 3.8) is 0 Å². The molecule has 0 radical (unpaired) electrons. The molecule has 1 aliphatic carbocycles. The number of rotatable bonds is 9. The molecule has 1 N–H and O–H groups in total. The summed E-state index contributed by atoms with van der Waals surface area (Å²) in [5.41, 5.74) is 0. The molecule has 10 heteroatoms. The van der Waals surface area contributed by atoms with Crippen LogP contribution in [0.15, 0.2) is 12.2 Å². The summed E-state index contributed by atoms with van der Waals surface area (Å²) in [4.78, 5) is 34.2. The Hall–Kier alpha value is 1.34. The Morgan fingerprint density at radius 2 is 1.60 bits per heavy atom. The largest absolute Gasteiger partial charge is 1.00 e. The predicted molar refractivity (Wildman–Crippen MR) is 72.3 cm³/mol. The monoisotopic (exact) mass is 406 g/mol. The normalized spacial score (nSPS) is 24.6. The molecule has 1 rings (SSSR count). The molecule has 0 aromatic carbocycles. The van der Waals surface area contributed by atoms with Crippen LogP contribution in [0, 0.1) is 23.7 Å². The molecule has 0 saturated carbocycles. The molecule has 25 heavy (non-hydrogen) atoms. The molecular formula is C15H20K2O8. The van der Waals surface area contributed by atoms with Crippen LogP contribution in [0.4, 0.5) is 0 Å². The van der Waals surface area contributed by atoms with Gasteiger partial charge in [-0.05, 0) is 11.8 Å². The standard InChI is InChI=1S/C15H22O8.2K/c1-9-2-3-10(13(15(20)21)12(9)14(18)19)8-11(17)23-7-6-22-5-4-16;;/h2-3,9-10,12-13,16H,4-8H2,1H3,(H,18,19)(H,20,21);;/q;2*+1/p-2. The van der Waals surface area contributed by atoms with Gasteiger partial charge in [-0.25, -0.2) is 0 Å². The van der Waals surface area contributed by atoms with Crippen molar-refractivity contribution < 1.29 is 142 Å². The maximum absolute atomic E-state index is 11.7. The number of ether oxygens (including phenoxy) is 2. The van der Waals surface area contributed by atoms with Gasteiger partial charge in [0.25, 0.3) is 0 Å². The van der Waals surface area contributed by atoms with Gasteiger partial charge in [-0.3, -0.25) is 4.79 Å². The summed E-state index contributed by atoms with van der Waals surface area (Å²) in [5.74, 6) is -7.63. The van der Waals surface area contributed by atoms with Crippen molar-refractivity contribution in [3.8, 4) is 0 Å². The average Bonchev–Trinajstić information content (AvgIpc) is 2.47. The van der Waals surface area contributed by atoms with Gasteiger partial charge in [0.05, 0.1) is 26.2 Å². The quantitative estimate of drug-likeness (QED) is 0.173. The number of carboxylic acids is 2. The Labute approximate surface area is 231 Å². The van der Waals surface area contributed by atoms with E-state index in [0.717, 1.165) is 0 Å². The maximum atomic E-state index is 11.7. The molecule has 0 bridgehead atoms. The smallest absolute Gasteiger partial charge is 0.550 e. The van der Waals surface area contributed by atoms with E-state index in [-0.39, 0.29) is 136 Å². The number of aliphatic hydroxyl groups excluding tert-OH is 1. The van der Waals surface area contributed by atoms with E-state index in [1.54, 1.807) is 13.0 Å². The molecule has 0 aromatic rings. The predicted octanol–water partition coefficient (Wildman–Crippen LogP) is -8.51. The van der Waals surface area contributed by atoms with Crippen LogP contribution >= 0.6 is 0 Å². The summed E-state index contributed by atoms with van der Waals surface area (Å²) in [6, 6.07) is 0. The molecule has 0 spiro atoms. The number of hydrogen-bond acceptors (Lipinski definition) is 8. The van der Waals surface area contributed by atoms with Crippen molar-refractivity contribution in [2.24, 2.45) is 23.7 Å². The molecule has 130 valence electrons. The zero-order valence-corrected chi connectivity index (χ0v) is 21.1. The van der Waals surface area contributed by atoms with Gasteiger partial charge in [0.1, 0.15) is 6.61 Å². The van der Waals surface area contributed by atoms with E-state index in [0.29, 0.717) is 0 Å². The minimum Gasteiger partial charge on any atom is -0.550 e. The van der Waals surface area contributed by atoms with E-state index < -0.39 is 41.6 Å². The topological polar surface area (TPSA) is 136 Å². The Kier molecular flexibility index (Phi) is 17.5. The van der Waals surface area contributed by atoms with Crippen molar-refractivity contribution in [1.82, 2.24) is 0 Å². The van der Waals surface area contributed by atoms with Crippen molar-refractivity contribution in [3.05, 3.63) is 12.2 Å². The second-order valence-corrected chi connectivity index (χ2v) is 5.36. The summed E-state index contributed by atoms with van der Waals surface area (Å²) in [7, 11) is 0. The third kappa shape index (κ3) is 9.90. The number of esters is 1. The van der Waals surface area contributed by atoms with Crippen LogP contribution in [0.25, 0.3) is 0 Å². The molecule has 0 aromatic heterocycles. The summed E-state index contributed by atoms with van der Waals surface area (Å²) < 4.78 is 9.80. The van der Waals surface area contributed by atoms with Crippen molar-refractivity contribution >= 4 is 17.9 Å². The van der Waals surface area contributed by atoms with Crippen LogP contribution in [-0.4, -0.2) is 49.4 Å². The van der Waals surface area contributed by atoms with Gasteiger partial charge in [0, 0.05) is 23.8 Å². The van der Waals surface area contributed by atoms with E-state index in [9.17, 15) is 24.6 Å². The number of hydrogen-bond donors (Lipinski definition) is 1. The van der Waals surface area contributed by atoms with E-state index in [2.05, 4.69) is 0 Å². The molecule has 1 aliphatic rings. The number of aliphatic hydroxyl groups is 1. The minimum absolute atomic E-state index is 0. The first-order valence-electron chi connectivity index (χ1n) is 7.32. The van der Waals surface area contributed by atoms with Gasteiger partial charge < -0.3 is 34.4 Å². The number of aliphatic carboxylic acids is 2.